The Balaban J connectivity index is 1.91. The number of hydrogen-bond acceptors (Lipinski definition) is 6. The first kappa shape index (κ1) is 16.1. The maximum absolute atomic E-state index is 11.9. The fraction of sp³-hybridized carbons (Fsp3) is 0.467. The van der Waals surface area contributed by atoms with E-state index in [-0.39, 0.29) is 10.9 Å². The van der Waals surface area contributed by atoms with Crippen LogP contribution in [0.15, 0.2) is 29.6 Å². The second-order valence-electron chi connectivity index (χ2n) is 5.78. The summed E-state index contributed by atoms with van der Waals surface area (Å²) in [5, 5.41) is 6.77. The quantitative estimate of drug-likeness (QED) is 0.899. The second-order valence-corrected chi connectivity index (χ2v) is 7.77. The van der Waals surface area contributed by atoms with Crippen molar-refractivity contribution in [3.63, 3.8) is 0 Å². The van der Waals surface area contributed by atoms with Crippen LogP contribution in [0.5, 0.6) is 0 Å². The van der Waals surface area contributed by atoms with Crippen molar-refractivity contribution in [3.05, 3.63) is 41.5 Å². The highest BCUT2D eigenvalue weighted by Gasteiger charge is 2.30. The first-order valence-corrected chi connectivity index (χ1v) is 9.30. The van der Waals surface area contributed by atoms with Crippen molar-refractivity contribution in [3.8, 4) is 0 Å². The molecule has 1 aliphatic heterocycles. The standard InChI is InChI=1S/C15H20N4O3S/c1-11-3-4-16-7-12(11)9-19-5-6-22-10-13(19)15-14(8-17-18-15)23(2,20)21/h3-4,7-8,13H,5-6,9-10H2,1-2H3,(H,17,18)/t13-/m1/s1. The molecule has 2 aromatic rings. The zero-order chi connectivity index (χ0) is 16.4. The van der Waals surface area contributed by atoms with Crippen molar-refractivity contribution >= 4 is 9.84 Å². The SMILES string of the molecule is Cc1ccncc1CN1CCOC[C@@H]1c1[nH]ncc1S(C)(=O)=O. The van der Waals surface area contributed by atoms with Gasteiger partial charge in [0.15, 0.2) is 9.84 Å². The molecule has 0 amide bonds. The molecule has 7 nitrogen and oxygen atoms in total. The molecule has 0 spiro atoms. The van der Waals surface area contributed by atoms with Crippen molar-refractivity contribution in [2.75, 3.05) is 26.0 Å². The monoisotopic (exact) mass is 336 g/mol. The molecular formula is C15H20N4O3S. The van der Waals surface area contributed by atoms with Crippen LogP contribution >= 0.6 is 0 Å². The van der Waals surface area contributed by atoms with Crippen LogP contribution in [0.25, 0.3) is 0 Å². The van der Waals surface area contributed by atoms with Crippen molar-refractivity contribution in [1.82, 2.24) is 20.1 Å². The Morgan fingerprint density at radius 3 is 3.00 bits per heavy atom. The van der Waals surface area contributed by atoms with Crippen molar-refractivity contribution in [2.24, 2.45) is 0 Å². The number of pyridine rings is 1. The van der Waals surface area contributed by atoms with Gasteiger partial charge in [-0.05, 0) is 24.1 Å². The largest absolute Gasteiger partial charge is 0.378 e. The molecule has 124 valence electrons. The maximum Gasteiger partial charge on any atom is 0.178 e. The highest BCUT2D eigenvalue weighted by Crippen LogP contribution is 2.29. The Morgan fingerprint density at radius 1 is 1.43 bits per heavy atom. The van der Waals surface area contributed by atoms with E-state index in [1.165, 1.54) is 12.5 Å². The average molecular weight is 336 g/mol. The summed E-state index contributed by atoms with van der Waals surface area (Å²) in [5.74, 6) is 0. The van der Waals surface area contributed by atoms with Crippen LogP contribution in [0.2, 0.25) is 0 Å². The predicted molar refractivity (Wildman–Crippen MR) is 84.6 cm³/mol. The van der Waals surface area contributed by atoms with E-state index in [9.17, 15) is 8.42 Å². The van der Waals surface area contributed by atoms with Gasteiger partial charge in [0.2, 0.25) is 0 Å². The molecule has 0 radical (unpaired) electrons. The summed E-state index contributed by atoms with van der Waals surface area (Å²) in [6.07, 6.45) is 6.19. The Morgan fingerprint density at radius 2 is 2.26 bits per heavy atom. The van der Waals surface area contributed by atoms with E-state index < -0.39 is 9.84 Å². The van der Waals surface area contributed by atoms with Crippen molar-refractivity contribution in [1.29, 1.82) is 0 Å². The zero-order valence-electron chi connectivity index (χ0n) is 13.2. The second kappa shape index (κ2) is 6.38. The van der Waals surface area contributed by atoms with Gasteiger partial charge in [0.25, 0.3) is 0 Å². The van der Waals surface area contributed by atoms with Crippen molar-refractivity contribution < 1.29 is 13.2 Å². The van der Waals surface area contributed by atoms with Gasteiger partial charge in [0, 0.05) is 31.7 Å². The van der Waals surface area contributed by atoms with Gasteiger partial charge in [0.05, 0.1) is 31.1 Å². The normalized spacial score (nSPS) is 19.8. The number of nitrogens with one attached hydrogen (secondary N) is 1. The van der Waals surface area contributed by atoms with Gasteiger partial charge in [-0.1, -0.05) is 0 Å². The van der Waals surface area contributed by atoms with Gasteiger partial charge in [-0.3, -0.25) is 15.0 Å². The molecule has 0 aliphatic carbocycles. The van der Waals surface area contributed by atoms with Gasteiger partial charge >= 0.3 is 0 Å². The molecule has 23 heavy (non-hydrogen) atoms. The lowest BCUT2D eigenvalue weighted by molar-refractivity contribution is -0.0153. The van der Waals surface area contributed by atoms with Crippen molar-refractivity contribution in [2.45, 2.75) is 24.4 Å². The predicted octanol–water partition coefficient (Wildman–Crippen LogP) is 1.09. The minimum Gasteiger partial charge on any atom is -0.378 e. The van der Waals surface area contributed by atoms with E-state index in [1.54, 1.807) is 6.20 Å². The van der Waals surface area contributed by atoms with E-state index >= 15 is 0 Å². The molecule has 8 heteroatoms. The van der Waals surface area contributed by atoms with E-state index in [0.717, 1.165) is 17.7 Å². The summed E-state index contributed by atoms with van der Waals surface area (Å²) >= 11 is 0. The number of H-pyrrole nitrogens is 1. The van der Waals surface area contributed by atoms with Crippen LogP contribution in [-0.4, -0.2) is 54.5 Å². The van der Waals surface area contributed by atoms with Crippen LogP contribution in [0.3, 0.4) is 0 Å². The van der Waals surface area contributed by atoms with Gasteiger partial charge in [-0.15, -0.1) is 0 Å². The number of rotatable bonds is 4. The van der Waals surface area contributed by atoms with Crippen LogP contribution < -0.4 is 0 Å². The number of hydrogen-bond donors (Lipinski definition) is 1. The third-order valence-corrected chi connectivity index (χ3v) is 5.25. The highest BCUT2D eigenvalue weighted by molar-refractivity contribution is 7.90. The molecule has 3 rings (SSSR count). The highest BCUT2D eigenvalue weighted by atomic mass is 32.2. The number of nitrogens with zero attached hydrogens (tertiary/aromatic N) is 3. The number of sulfone groups is 1. The van der Waals surface area contributed by atoms with E-state index in [1.807, 2.05) is 19.2 Å². The maximum atomic E-state index is 11.9. The molecule has 1 N–H and O–H groups in total. The van der Waals surface area contributed by atoms with Crippen LogP contribution in [0.1, 0.15) is 22.9 Å². The third kappa shape index (κ3) is 3.44. The zero-order valence-corrected chi connectivity index (χ0v) is 14.0. The van der Waals surface area contributed by atoms with E-state index in [0.29, 0.717) is 25.5 Å². The lowest BCUT2D eigenvalue weighted by atomic mass is 10.1. The lowest BCUT2D eigenvalue weighted by Crippen LogP contribution is -2.39. The average Bonchev–Trinajstić information content (AvgIpc) is 3.00. The van der Waals surface area contributed by atoms with Crippen LogP contribution in [0.4, 0.5) is 0 Å². The smallest absolute Gasteiger partial charge is 0.178 e. The number of ether oxygens (including phenoxy) is 1. The summed E-state index contributed by atoms with van der Waals surface area (Å²) in [6, 6.07) is 1.80. The molecular weight excluding hydrogens is 316 g/mol. The molecule has 3 heterocycles. The molecule has 0 saturated carbocycles. The molecule has 1 aliphatic rings. The number of aryl methyl sites for hydroxylation is 1. The summed E-state index contributed by atoms with van der Waals surface area (Å²) in [5.41, 5.74) is 2.88. The summed E-state index contributed by atoms with van der Waals surface area (Å²) in [4.78, 5) is 6.62. The minimum absolute atomic E-state index is 0.171. The number of morpholine rings is 1. The Hall–Kier alpha value is -1.77. The van der Waals surface area contributed by atoms with Gasteiger partial charge in [-0.2, -0.15) is 5.10 Å². The number of aromatic nitrogens is 3. The minimum atomic E-state index is -3.33. The molecule has 1 fully saturated rings. The third-order valence-electron chi connectivity index (χ3n) is 4.13. The van der Waals surface area contributed by atoms with E-state index in [4.69, 9.17) is 4.74 Å². The number of aromatic amines is 1. The fourth-order valence-corrected chi connectivity index (χ4v) is 3.62. The Bertz CT molecular complexity index is 788. The molecule has 1 atom stereocenters. The van der Waals surface area contributed by atoms with Crippen LogP contribution in [-0.2, 0) is 21.1 Å². The Labute approximate surface area is 135 Å². The molecule has 1 saturated heterocycles. The Kier molecular flexibility index (Phi) is 4.47. The summed E-state index contributed by atoms with van der Waals surface area (Å²) in [6.45, 7) is 4.52. The van der Waals surface area contributed by atoms with Gasteiger partial charge in [-0.25, -0.2) is 8.42 Å². The first-order chi connectivity index (χ1) is 11.0. The first-order valence-electron chi connectivity index (χ1n) is 7.41. The van der Waals surface area contributed by atoms with Gasteiger partial charge in [0.1, 0.15) is 4.90 Å². The van der Waals surface area contributed by atoms with E-state index in [2.05, 4.69) is 20.1 Å². The lowest BCUT2D eigenvalue weighted by Gasteiger charge is -2.35. The summed E-state index contributed by atoms with van der Waals surface area (Å²) < 4.78 is 29.5. The molecule has 0 bridgehead atoms. The molecule has 2 aromatic heterocycles. The summed E-state index contributed by atoms with van der Waals surface area (Å²) in [7, 11) is -3.33. The van der Waals surface area contributed by atoms with Gasteiger partial charge < -0.3 is 4.74 Å². The van der Waals surface area contributed by atoms with Crippen LogP contribution in [0, 0.1) is 6.92 Å². The molecule has 0 unspecified atom stereocenters. The molecule has 0 aromatic carbocycles. The fourth-order valence-electron chi connectivity index (χ4n) is 2.79. The topological polar surface area (TPSA) is 88.2 Å².